The molecule has 31 heavy (non-hydrogen) atoms. The van der Waals surface area contributed by atoms with Gasteiger partial charge in [0, 0.05) is 56.8 Å². The Kier molecular flexibility index (Phi) is 7.02. The molecule has 1 aromatic carbocycles. The average Bonchev–Trinajstić information content (AvgIpc) is 3.27. The molecule has 0 aliphatic carbocycles. The summed E-state index contributed by atoms with van der Waals surface area (Å²) in [7, 11) is 0. The number of piperidine rings is 1. The number of benzene rings is 1. The van der Waals surface area contributed by atoms with Crippen LogP contribution in [0.3, 0.4) is 0 Å². The van der Waals surface area contributed by atoms with E-state index in [1.807, 2.05) is 41.0 Å². The third-order valence-corrected chi connectivity index (χ3v) is 7.37. The van der Waals surface area contributed by atoms with Gasteiger partial charge in [-0.15, -0.1) is 11.3 Å². The normalized spacial score (nSPS) is 20.1. The summed E-state index contributed by atoms with van der Waals surface area (Å²) in [4.78, 5) is 37.0. The van der Waals surface area contributed by atoms with Crippen molar-refractivity contribution >= 4 is 23.2 Å². The lowest BCUT2D eigenvalue weighted by molar-refractivity contribution is -0.138. The molecule has 3 heterocycles. The number of hydrogen-bond acceptors (Lipinski definition) is 5. The second-order valence-corrected chi connectivity index (χ2v) is 9.59. The first-order valence-electron chi connectivity index (χ1n) is 11.3. The standard InChI is InChI=1S/C24H32N4O2S/c1-3-22-25-21(17-31-22)16-26-11-13-27(14-12-26)24(30)20-5-4-10-28(15-20)23(29)19-8-6-18(2)7-9-19/h6-9,17,20H,3-5,10-16H2,1-2H3. The van der Waals surface area contributed by atoms with Crippen LogP contribution in [0.15, 0.2) is 29.6 Å². The summed E-state index contributed by atoms with van der Waals surface area (Å²) < 4.78 is 0. The van der Waals surface area contributed by atoms with Gasteiger partial charge in [0.15, 0.2) is 0 Å². The van der Waals surface area contributed by atoms with Crippen LogP contribution >= 0.6 is 11.3 Å². The van der Waals surface area contributed by atoms with E-state index in [0.29, 0.717) is 12.1 Å². The van der Waals surface area contributed by atoms with Crippen LogP contribution in [-0.2, 0) is 17.8 Å². The van der Waals surface area contributed by atoms with E-state index in [1.165, 1.54) is 5.01 Å². The van der Waals surface area contributed by atoms with Crippen LogP contribution in [-0.4, -0.2) is 70.8 Å². The van der Waals surface area contributed by atoms with Crippen LogP contribution in [0.25, 0.3) is 0 Å². The fourth-order valence-electron chi connectivity index (χ4n) is 4.44. The van der Waals surface area contributed by atoms with E-state index in [4.69, 9.17) is 0 Å². The highest BCUT2D eigenvalue weighted by atomic mass is 32.1. The van der Waals surface area contributed by atoms with Crippen molar-refractivity contribution in [3.05, 3.63) is 51.5 Å². The zero-order valence-electron chi connectivity index (χ0n) is 18.5. The van der Waals surface area contributed by atoms with Gasteiger partial charge < -0.3 is 9.80 Å². The second kappa shape index (κ2) is 9.92. The summed E-state index contributed by atoms with van der Waals surface area (Å²) >= 11 is 1.73. The Bertz CT molecular complexity index is 903. The maximum absolute atomic E-state index is 13.2. The Hall–Kier alpha value is -2.25. The molecule has 2 amide bonds. The summed E-state index contributed by atoms with van der Waals surface area (Å²) in [6.45, 7) is 9.55. The molecule has 2 aliphatic heterocycles. The van der Waals surface area contributed by atoms with E-state index in [-0.39, 0.29) is 17.7 Å². The molecule has 1 unspecified atom stereocenters. The van der Waals surface area contributed by atoms with Crippen LogP contribution in [0.2, 0.25) is 0 Å². The minimum atomic E-state index is -0.0830. The van der Waals surface area contributed by atoms with Crippen LogP contribution in [0, 0.1) is 12.8 Å². The van der Waals surface area contributed by atoms with Crippen molar-refractivity contribution in [1.29, 1.82) is 0 Å². The molecule has 0 saturated carbocycles. The molecule has 0 radical (unpaired) electrons. The molecule has 1 aromatic heterocycles. The zero-order chi connectivity index (χ0) is 21.8. The number of thiazole rings is 1. The van der Waals surface area contributed by atoms with Crippen molar-refractivity contribution in [3.8, 4) is 0 Å². The van der Waals surface area contributed by atoms with Gasteiger partial charge in [0.05, 0.1) is 16.6 Å². The van der Waals surface area contributed by atoms with E-state index in [0.717, 1.165) is 69.8 Å². The predicted molar refractivity (Wildman–Crippen MR) is 123 cm³/mol. The van der Waals surface area contributed by atoms with Crippen molar-refractivity contribution in [2.24, 2.45) is 5.92 Å². The van der Waals surface area contributed by atoms with Gasteiger partial charge in [0.1, 0.15) is 0 Å². The van der Waals surface area contributed by atoms with Crippen molar-refractivity contribution in [3.63, 3.8) is 0 Å². The quantitative estimate of drug-likeness (QED) is 0.716. The number of carbonyl (C=O) groups is 2. The molecule has 4 rings (SSSR count). The maximum atomic E-state index is 13.2. The predicted octanol–water partition coefficient (Wildman–Crippen LogP) is 3.21. The van der Waals surface area contributed by atoms with E-state index in [1.54, 1.807) is 11.3 Å². The fraction of sp³-hybridized carbons (Fsp3) is 0.542. The molecule has 2 aromatic rings. The summed E-state index contributed by atoms with van der Waals surface area (Å²) in [6, 6.07) is 7.70. The highest BCUT2D eigenvalue weighted by Crippen LogP contribution is 2.22. The lowest BCUT2D eigenvalue weighted by Crippen LogP contribution is -2.52. The third kappa shape index (κ3) is 5.33. The first kappa shape index (κ1) is 22.0. The molecule has 0 N–H and O–H groups in total. The molecular formula is C24H32N4O2S. The molecule has 1 atom stereocenters. The Morgan fingerprint density at radius 2 is 1.81 bits per heavy atom. The summed E-state index contributed by atoms with van der Waals surface area (Å²) in [5.41, 5.74) is 2.99. The molecule has 7 heteroatoms. The monoisotopic (exact) mass is 440 g/mol. The molecule has 166 valence electrons. The van der Waals surface area contributed by atoms with Crippen molar-refractivity contribution in [2.45, 2.75) is 39.7 Å². The van der Waals surface area contributed by atoms with E-state index in [2.05, 4.69) is 22.2 Å². The minimum Gasteiger partial charge on any atom is -0.340 e. The van der Waals surface area contributed by atoms with Crippen LogP contribution in [0.1, 0.15) is 46.4 Å². The fourth-order valence-corrected chi connectivity index (χ4v) is 5.18. The number of nitrogens with zero attached hydrogens (tertiary/aromatic N) is 4. The molecule has 0 bridgehead atoms. The molecule has 2 saturated heterocycles. The Labute approximate surface area is 188 Å². The minimum absolute atomic E-state index is 0.0389. The zero-order valence-corrected chi connectivity index (χ0v) is 19.4. The Morgan fingerprint density at radius 1 is 1.06 bits per heavy atom. The summed E-state index contributed by atoms with van der Waals surface area (Å²) in [5.74, 6) is 0.167. The topological polar surface area (TPSA) is 56.8 Å². The Morgan fingerprint density at radius 3 is 2.48 bits per heavy atom. The van der Waals surface area contributed by atoms with Crippen LogP contribution in [0.4, 0.5) is 0 Å². The maximum Gasteiger partial charge on any atom is 0.253 e. The van der Waals surface area contributed by atoms with Crippen molar-refractivity contribution < 1.29 is 9.59 Å². The lowest BCUT2D eigenvalue weighted by Gasteiger charge is -2.39. The molecule has 0 spiro atoms. The van der Waals surface area contributed by atoms with Gasteiger partial charge >= 0.3 is 0 Å². The van der Waals surface area contributed by atoms with Crippen molar-refractivity contribution in [2.75, 3.05) is 39.3 Å². The average molecular weight is 441 g/mol. The van der Waals surface area contributed by atoms with E-state index in [9.17, 15) is 9.59 Å². The number of hydrogen-bond donors (Lipinski definition) is 0. The van der Waals surface area contributed by atoms with Gasteiger partial charge in [-0.1, -0.05) is 24.6 Å². The number of rotatable bonds is 5. The van der Waals surface area contributed by atoms with Gasteiger partial charge in [-0.25, -0.2) is 4.98 Å². The highest BCUT2D eigenvalue weighted by molar-refractivity contribution is 7.09. The summed E-state index contributed by atoms with van der Waals surface area (Å²) in [6.07, 6.45) is 2.74. The van der Waals surface area contributed by atoms with Crippen molar-refractivity contribution in [1.82, 2.24) is 19.7 Å². The second-order valence-electron chi connectivity index (χ2n) is 8.64. The molecule has 2 fully saturated rings. The van der Waals surface area contributed by atoms with Crippen LogP contribution in [0.5, 0.6) is 0 Å². The van der Waals surface area contributed by atoms with Gasteiger partial charge in [0.25, 0.3) is 5.91 Å². The number of likely N-dealkylation sites (tertiary alicyclic amines) is 1. The SMILES string of the molecule is CCc1nc(CN2CCN(C(=O)C3CCCN(C(=O)c4ccc(C)cc4)C3)CC2)cs1. The summed E-state index contributed by atoms with van der Waals surface area (Å²) in [5, 5.41) is 3.34. The first-order valence-corrected chi connectivity index (χ1v) is 12.2. The largest absolute Gasteiger partial charge is 0.340 e. The molecular weight excluding hydrogens is 408 g/mol. The van der Waals surface area contributed by atoms with Crippen LogP contribution < -0.4 is 0 Å². The lowest BCUT2D eigenvalue weighted by atomic mass is 9.95. The molecule has 2 aliphatic rings. The smallest absolute Gasteiger partial charge is 0.253 e. The number of piperazine rings is 1. The van der Waals surface area contributed by atoms with E-state index >= 15 is 0 Å². The third-order valence-electron chi connectivity index (χ3n) is 6.33. The van der Waals surface area contributed by atoms with E-state index < -0.39 is 0 Å². The number of amides is 2. The van der Waals surface area contributed by atoms with Gasteiger partial charge in [-0.3, -0.25) is 14.5 Å². The highest BCUT2D eigenvalue weighted by Gasteiger charge is 2.33. The first-order chi connectivity index (χ1) is 15.0. The van der Waals surface area contributed by atoms with Gasteiger partial charge in [-0.2, -0.15) is 0 Å². The van der Waals surface area contributed by atoms with Gasteiger partial charge in [-0.05, 0) is 38.3 Å². The number of aryl methyl sites for hydroxylation is 2. The molecule has 6 nitrogen and oxygen atoms in total. The Balaban J connectivity index is 1.29. The van der Waals surface area contributed by atoms with Gasteiger partial charge in [0.2, 0.25) is 5.91 Å². The number of aromatic nitrogens is 1. The number of carbonyl (C=O) groups excluding carboxylic acids is 2.